The number of thiazole rings is 1. The van der Waals surface area contributed by atoms with E-state index in [1.807, 2.05) is 12.3 Å². The molecule has 0 atom stereocenters. The minimum absolute atomic E-state index is 0.0643. The van der Waals surface area contributed by atoms with Crippen LogP contribution in [0.25, 0.3) is 0 Å². The maximum Gasteiger partial charge on any atom is 0.295 e. The highest BCUT2D eigenvalue weighted by Crippen LogP contribution is 2.10. The molecule has 2 heterocycles. The van der Waals surface area contributed by atoms with Gasteiger partial charge in [0.05, 0.1) is 17.2 Å². The Hall–Kier alpha value is -1.83. The van der Waals surface area contributed by atoms with E-state index in [0.29, 0.717) is 6.54 Å². The zero-order valence-electron chi connectivity index (χ0n) is 8.84. The summed E-state index contributed by atoms with van der Waals surface area (Å²) in [5.41, 5.74) is 0.863. The minimum atomic E-state index is -0.278. The predicted molar refractivity (Wildman–Crippen MR) is 56.8 cm³/mol. The molecule has 84 valence electrons. The van der Waals surface area contributed by atoms with Crippen molar-refractivity contribution in [2.75, 3.05) is 7.05 Å². The van der Waals surface area contributed by atoms with Crippen LogP contribution in [-0.2, 0) is 6.54 Å². The third-order valence-corrected chi connectivity index (χ3v) is 2.77. The van der Waals surface area contributed by atoms with Gasteiger partial charge in [-0.15, -0.1) is 21.5 Å². The number of nitrogens with zero attached hydrogens (tertiary/aromatic N) is 5. The highest BCUT2D eigenvalue weighted by atomic mass is 32.1. The Kier molecular flexibility index (Phi) is 2.91. The summed E-state index contributed by atoms with van der Waals surface area (Å²) >= 11 is 1.56. The number of aromatic amines is 1. The van der Waals surface area contributed by atoms with E-state index >= 15 is 0 Å². The first kappa shape index (κ1) is 10.7. The predicted octanol–water partition coefficient (Wildman–Crippen LogP) is 0.237. The quantitative estimate of drug-likeness (QED) is 0.827. The Morgan fingerprint density at radius 2 is 2.44 bits per heavy atom. The first-order valence-electron chi connectivity index (χ1n) is 4.56. The van der Waals surface area contributed by atoms with Crippen molar-refractivity contribution in [3.63, 3.8) is 0 Å². The fourth-order valence-corrected chi connectivity index (χ4v) is 1.82. The topological polar surface area (TPSA) is 87.7 Å². The highest BCUT2D eigenvalue weighted by Gasteiger charge is 2.16. The van der Waals surface area contributed by atoms with E-state index < -0.39 is 0 Å². The van der Waals surface area contributed by atoms with Gasteiger partial charge < -0.3 is 4.90 Å². The van der Waals surface area contributed by atoms with Crippen molar-refractivity contribution in [3.05, 3.63) is 21.9 Å². The van der Waals surface area contributed by atoms with Crippen LogP contribution in [0.1, 0.15) is 21.3 Å². The van der Waals surface area contributed by atoms with E-state index in [4.69, 9.17) is 0 Å². The maximum atomic E-state index is 11.7. The van der Waals surface area contributed by atoms with Crippen LogP contribution in [0.3, 0.4) is 0 Å². The Balaban J connectivity index is 2.03. The molecule has 0 aliphatic heterocycles. The van der Waals surface area contributed by atoms with Crippen molar-refractivity contribution in [2.24, 2.45) is 0 Å². The summed E-state index contributed by atoms with van der Waals surface area (Å²) in [6.07, 6.45) is 0. The first-order chi connectivity index (χ1) is 7.66. The lowest BCUT2D eigenvalue weighted by atomic mass is 10.4. The standard InChI is InChI=1S/C8H10N6OS/c1-5-9-6(4-16-5)3-14(2)8(15)7-10-12-13-11-7/h4H,3H2,1-2H3,(H,10,11,12,13). The average molecular weight is 238 g/mol. The summed E-state index contributed by atoms with van der Waals surface area (Å²) in [7, 11) is 1.67. The highest BCUT2D eigenvalue weighted by molar-refractivity contribution is 7.09. The Bertz CT molecular complexity index is 478. The summed E-state index contributed by atoms with van der Waals surface area (Å²) in [4.78, 5) is 17.5. The third kappa shape index (κ3) is 2.22. The summed E-state index contributed by atoms with van der Waals surface area (Å²) in [5.74, 6) is -0.214. The van der Waals surface area contributed by atoms with Crippen LogP contribution in [0.2, 0.25) is 0 Å². The Morgan fingerprint density at radius 1 is 1.62 bits per heavy atom. The minimum Gasteiger partial charge on any atom is -0.333 e. The molecule has 2 rings (SSSR count). The van der Waals surface area contributed by atoms with Gasteiger partial charge in [-0.2, -0.15) is 5.21 Å². The third-order valence-electron chi connectivity index (χ3n) is 1.95. The van der Waals surface area contributed by atoms with Gasteiger partial charge in [0.25, 0.3) is 11.7 Å². The number of rotatable bonds is 3. The van der Waals surface area contributed by atoms with Gasteiger partial charge in [-0.05, 0) is 12.1 Å². The molecule has 16 heavy (non-hydrogen) atoms. The zero-order chi connectivity index (χ0) is 11.5. The number of carbonyl (C=O) groups excluding carboxylic acids is 1. The van der Waals surface area contributed by atoms with Crippen molar-refractivity contribution >= 4 is 17.2 Å². The van der Waals surface area contributed by atoms with Gasteiger partial charge in [-0.25, -0.2) is 4.98 Å². The molecule has 7 nitrogen and oxygen atoms in total. The monoisotopic (exact) mass is 238 g/mol. The number of amides is 1. The lowest BCUT2D eigenvalue weighted by Crippen LogP contribution is -2.27. The van der Waals surface area contributed by atoms with Crippen molar-refractivity contribution in [3.8, 4) is 0 Å². The van der Waals surface area contributed by atoms with E-state index in [0.717, 1.165) is 10.7 Å². The van der Waals surface area contributed by atoms with Gasteiger partial charge in [0.1, 0.15) is 0 Å². The van der Waals surface area contributed by atoms with Crippen molar-refractivity contribution in [1.82, 2.24) is 30.5 Å². The van der Waals surface area contributed by atoms with E-state index in [9.17, 15) is 4.79 Å². The van der Waals surface area contributed by atoms with Crippen molar-refractivity contribution in [2.45, 2.75) is 13.5 Å². The second-order valence-electron chi connectivity index (χ2n) is 3.25. The largest absolute Gasteiger partial charge is 0.333 e. The van der Waals surface area contributed by atoms with Crippen LogP contribution in [0.15, 0.2) is 5.38 Å². The summed E-state index contributed by atoms with van der Waals surface area (Å²) in [6.45, 7) is 2.37. The molecule has 0 aliphatic carbocycles. The number of carbonyl (C=O) groups is 1. The van der Waals surface area contributed by atoms with E-state index in [1.165, 1.54) is 4.90 Å². The molecular weight excluding hydrogens is 228 g/mol. The molecule has 0 saturated carbocycles. The molecular formula is C8H10N6OS. The van der Waals surface area contributed by atoms with Crippen molar-refractivity contribution < 1.29 is 4.79 Å². The fourth-order valence-electron chi connectivity index (χ4n) is 1.22. The van der Waals surface area contributed by atoms with Crippen molar-refractivity contribution in [1.29, 1.82) is 0 Å². The normalized spacial score (nSPS) is 10.4. The number of aryl methyl sites for hydroxylation is 1. The molecule has 0 aromatic carbocycles. The number of nitrogens with one attached hydrogen (secondary N) is 1. The van der Waals surface area contributed by atoms with Crippen LogP contribution >= 0.6 is 11.3 Å². The molecule has 8 heteroatoms. The molecule has 1 N–H and O–H groups in total. The lowest BCUT2D eigenvalue weighted by molar-refractivity contribution is 0.0771. The molecule has 0 saturated heterocycles. The number of hydrogen-bond acceptors (Lipinski definition) is 6. The molecule has 0 bridgehead atoms. The fraction of sp³-hybridized carbons (Fsp3) is 0.375. The van der Waals surface area contributed by atoms with Gasteiger partial charge in [-0.3, -0.25) is 4.79 Å². The molecule has 0 unspecified atom stereocenters. The Morgan fingerprint density at radius 3 is 3.00 bits per heavy atom. The molecule has 0 radical (unpaired) electrons. The lowest BCUT2D eigenvalue weighted by Gasteiger charge is -2.12. The second-order valence-corrected chi connectivity index (χ2v) is 4.32. The van der Waals surface area contributed by atoms with Gasteiger partial charge in [-0.1, -0.05) is 0 Å². The average Bonchev–Trinajstić information content (AvgIpc) is 2.88. The SMILES string of the molecule is Cc1nc(CN(C)C(=O)c2nn[nH]n2)cs1. The number of aromatic nitrogens is 5. The van der Waals surface area contributed by atoms with Crippen LogP contribution in [0, 0.1) is 6.92 Å². The van der Waals surface area contributed by atoms with E-state index in [2.05, 4.69) is 25.6 Å². The second kappa shape index (κ2) is 4.35. The zero-order valence-corrected chi connectivity index (χ0v) is 9.65. The van der Waals surface area contributed by atoms with E-state index in [1.54, 1.807) is 18.4 Å². The first-order valence-corrected chi connectivity index (χ1v) is 5.44. The smallest absolute Gasteiger partial charge is 0.295 e. The van der Waals surface area contributed by atoms with Gasteiger partial charge in [0, 0.05) is 12.4 Å². The molecule has 0 aliphatic rings. The molecule has 2 aromatic rings. The van der Waals surface area contributed by atoms with Gasteiger partial charge >= 0.3 is 0 Å². The number of tetrazole rings is 1. The summed E-state index contributed by atoms with van der Waals surface area (Å²) in [5, 5.41) is 15.7. The summed E-state index contributed by atoms with van der Waals surface area (Å²) in [6, 6.07) is 0. The van der Waals surface area contributed by atoms with Crippen LogP contribution in [0.5, 0.6) is 0 Å². The van der Waals surface area contributed by atoms with Gasteiger partial charge in [0.2, 0.25) is 0 Å². The molecule has 1 amide bonds. The molecule has 2 aromatic heterocycles. The Labute approximate surface area is 95.5 Å². The van der Waals surface area contributed by atoms with Crippen LogP contribution in [0.4, 0.5) is 0 Å². The number of H-pyrrole nitrogens is 1. The van der Waals surface area contributed by atoms with Crippen LogP contribution < -0.4 is 0 Å². The van der Waals surface area contributed by atoms with Gasteiger partial charge in [0.15, 0.2) is 0 Å². The molecule has 0 spiro atoms. The molecule has 0 fully saturated rings. The van der Waals surface area contributed by atoms with E-state index in [-0.39, 0.29) is 11.7 Å². The number of hydrogen-bond donors (Lipinski definition) is 1. The summed E-state index contributed by atoms with van der Waals surface area (Å²) < 4.78 is 0. The van der Waals surface area contributed by atoms with Crippen LogP contribution in [-0.4, -0.2) is 43.5 Å². The maximum absolute atomic E-state index is 11.7.